The van der Waals surface area contributed by atoms with E-state index in [1.807, 2.05) is 6.07 Å². The van der Waals surface area contributed by atoms with Crippen molar-refractivity contribution in [2.24, 2.45) is 0 Å². The number of rotatable bonds is 5. The molecule has 0 spiro atoms. The van der Waals surface area contributed by atoms with Crippen LogP contribution in [0.15, 0.2) is 54.6 Å². The lowest BCUT2D eigenvalue weighted by atomic mass is 9.96. The molecule has 1 unspecified atom stereocenters. The van der Waals surface area contributed by atoms with E-state index in [9.17, 15) is 0 Å². The molecule has 128 valence electrons. The third-order valence-electron chi connectivity index (χ3n) is 5.71. The fourth-order valence-electron chi connectivity index (χ4n) is 3.95. The van der Waals surface area contributed by atoms with Crippen molar-refractivity contribution < 1.29 is 4.48 Å². The normalized spacial score (nSPS) is 19.1. The van der Waals surface area contributed by atoms with Crippen LogP contribution in [0.5, 0.6) is 0 Å². The topological polar surface area (TPSA) is 3.24 Å². The Kier molecular flexibility index (Phi) is 5.60. The van der Waals surface area contributed by atoms with Crippen molar-refractivity contribution in [1.82, 2.24) is 4.90 Å². The highest BCUT2D eigenvalue weighted by atomic mass is 35.5. The van der Waals surface area contributed by atoms with Crippen LogP contribution in [-0.4, -0.2) is 48.7 Å². The second-order valence-corrected chi connectivity index (χ2v) is 7.26. The number of benzene rings is 2. The van der Waals surface area contributed by atoms with Crippen LogP contribution in [0.4, 0.5) is 0 Å². The standard InChI is InChI=1S/C21H28ClN2/c1-3-24(4-2)15-13-23(14-16-24)21(18-9-6-5-7-10-18)19-11-8-12-20(22)17-19/h5-12,17,21H,3-4,13-16H2,1-2H3/q+1. The summed E-state index contributed by atoms with van der Waals surface area (Å²) in [6.07, 6.45) is 0. The van der Waals surface area contributed by atoms with Gasteiger partial charge in [-0.1, -0.05) is 54.1 Å². The third-order valence-corrected chi connectivity index (χ3v) is 5.94. The molecule has 1 saturated heterocycles. The van der Waals surface area contributed by atoms with E-state index in [0.717, 1.165) is 18.1 Å². The van der Waals surface area contributed by atoms with Gasteiger partial charge in [0, 0.05) is 18.1 Å². The molecule has 1 fully saturated rings. The van der Waals surface area contributed by atoms with Gasteiger partial charge in [0.25, 0.3) is 0 Å². The number of halogens is 1. The molecular formula is C21H28ClN2+. The zero-order chi connectivity index (χ0) is 17.0. The number of hydrogen-bond donors (Lipinski definition) is 0. The maximum absolute atomic E-state index is 6.28. The molecule has 1 heterocycles. The first-order valence-corrected chi connectivity index (χ1v) is 9.45. The lowest BCUT2D eigenvalue weighted by Gasteiger charge is -2.46. The summed E-state index contributed by atoms with van der Waals surface area (Å²) in [6.45, 7) is 11.8. The van der Waals surface area contributed by atoms with Crippen molar-refractivity contribution in [3.63, 3.8) is 0 Å². The SMILES string of the molecule is CC[N+]1(CC)CCN(C(c2ccccc2)c2cccc(Cl)c2)CC1. The van der Waals surface area contributed by atoms with Gasteiger partial charge in [0.2, 0.25) is 0 Å². The van der Waals surface area contributed by atoms with E-state index in [0.29, 0.717) is 6.04 Å². The van der Waals surface area contributed by atoms with E-state index < -0.39 is 0 Å². The lowest BCUT2D eigenvalue weighted by molar-refractivity contribution is -0.929. The molecule has 0 saturated carbocycles. The maximum atomic E-state index is 6.28. The van der Waals surface area contributed by atoms with E-state index in [2.05, 4.69) is 67.3 Å². The molecule has 0 bridgehead atoms. The summed E-state index contributed by atoms with van der Waals surface area (Å²) in [5, 5.41) is 0.817. The van der Waals surface area contributed by atoms with Gasteiger partial charge in [-0.15, -0.1) is 0 Å². The lowest BCUT2D eigenvalue weighted by Crippen LogP contribution is -2.59. The van der Waals surface area contributed by atoms with Crippen molar-refractivity contribution in [3.8, 4) is 0 Å². The average Bonchev–Trinajstić information content (AvgIpc) is 2.64. The molecule has 3 heteroatoms. The summed E-state index contributed by atoms with van der Waals surface area (Å²) < 4.78 is 1.24. The number of piperazine rings is 1. The summed E-state index contributed by atoms with van der Waals surface area (Å²) in [5.74, 6) is 0. The molecule has 2 aromatic rings. The predicted octanol–water partition coefficient (Wildman–Crippen LogP) is 4.60. The van der Waals surface area contributed by atoms with Gasteiger partial charge in [-0.3, -0.25) is 4.90 Å². The van der Waals surface area contributed by atoms with E-state index in [4.69, 9.17) is 11.6 Å². The zero-order valence-electron chi connectivity index (χ0n) is 14.8. The first-order valence-electron chi connectivity index (χ1n) is 9.07. The highest BCUT2D eigenvalue weighted by Gasteiger charge is 2.33. The smallest absolute Gasteiger partial charge is 0.0916 e. The molecule has 0 aromatic heterocycles. The summed E-state index contributed by atoms with van der Waals surface area (Å²) in [4.78, 5) is 2.63. The predicted molar refractivity (Wildman–Crippen MR) is 102 cm³/mol. The van der Waals surface area contributed by atoms with Gasteiger partial charge in [0.1, 0.15) is 0 Å². The minimum absolute atomic E-state index is 0.292. The zero-order valence-corrected chi connectivity index (χ0v) is 15.5. The van der Waals surface area contributed by atoms with E-state index >= 15 is 0 Å². The van der Waals surface area contributed by atoms with Crippen LogP contribution in [0.25, 0.3) is 0 Å². The molecule has 24 heavy (non-hydrogen) atoms. The number of likely N-dealkylation sites (N-methyl/N-ethyl adjacent to an activating group) is 1. The molecule has 0 aliphatic carbocycles. The van der Waals surface area contributed by atoms with E-state index in [-0.39, 0.29) is 0 Å². The van der Waals surface area contributed by atoms with Gasteiger partial charge < -0.3 is 4.48 Å². The summed E-state index contributed by atoms with van der Waals surface area (Å²) in [7, 11) is 0. The summed E-state index contributed by atoms with van der Waals surface area (Å²) >= 11 is 6.28. The van der Waals surface area contributed by atoms with Crippen molar-refractivity contribution in [3.05, 3.63) is 70.7 Å². The molecule has 0 radical (unpaired) electrons. The molecule has 1 aliphatic rings. The Labute approximate surface area is 151 Å². The molecule has 1 atom stereocenters. The first-order chi connectivity index (χ1) is 11.7. The third kappa shape index (κ3) is 3.66. The summed E-state index contributed by atoms with van der Waals surface area (Å²) in [6, 6.07) is 19.5. The maximum Gasteiger partial charge on any atom is 0.0916 e. The highest BCUT2D eigenvalue weighted by molar-refractivity contribution is 6.30. The van der Waals surface area contributed by atoms with Crippen molar-refractivity contribution in [1.29, 1.82) is 0 Å². The number of nitrogens with zero attached hydrogens (tertiary/aromatic N) is 2. The van der Waals surface area contributed by atoms with Gasteiger partial charge in [0.15, 0.2) is 0 Å². The van der Waals surface area contributed by atoms with E-state index in [1.165, 1.54) is 41.8 Å². The van der Waals surface area contributed by atoms with Gasteiger partial charge in [-0.2, -0.15) is 0 Å². The minimum atomic E-state index is 0.292. The fraction of sp³-hybridized carbons (Fsp3) is 0.429. The molecule has 2 nitrogen and oxygen atoms in total. The van der Waals surface area contributed by atoms with Gasteiger partial charge >= 0.3 is 0 Å². The van der Waals surface area contributed by atoms with Crippen LogP contribution in [0.3, 0.4) is 0 Å². The van der Waals surface area contributed by atoms with Crippen molar-refractivity contribution >= 4 is 11.6 Å². The molecule has 2 aromatic carbocycles. The monoisotopic (exact) mass is 343 g/mol. The van der Waals surface area contributed by atoms with Crippen LogP contribution in [0.1, 0.15) is 31.0 Å². The Morgan fingerprint density at radius 3 is 2.12 bits per heavy atom. The Balaban J connectivity index is 1.89. The Bertz CT molecular complexity index is 642. The van der Waals surface area contributed by atoms with Gasteiger partial charge in [0.05, 0.1) is 32.2 Å². The van der Waals surface area contributed by atoms with Crippen molar-refractivity contribution in [2.75, 3.05) is 39.3 Å². The Morgan fingerprint density at radius 2 is 1.54 bits per heavy atom. The number of quaternary nitrogens is 1. The Hall–Kier alpha value is -1.35. The second kappa shape index (κ2) is 7.69. The van der Waals surface area contributed by atoms with Crippen LogP contribution >= 0.6 is 11.6 Å². The van der Waals surface area contributed by atoms with Gasteiger partial charge in [-0.25, -0.2) is 0 Å². The van der Waals surface area contributed by atoms with Crippen molar-refractivity contribution in [2.45, 2.75) is 19.9 Å². The minimum Gasteiger partial charge on any atom is -0.322 e. The molecule has 1 aliphatic heterocycles. The molecular weight excluding hydrogens is 316 g/mol. The van der Waals surface area contributed by atoms with Crippen LogP contribution in [-0.2, 0) is 0 Å². The number of hydrogen-bond acceptors (Lipinski definition) is 1. The quantitative estimate of drug-likeness (QED) is 0.717. The second-order valence-electron chi connectivity index (χ2n) is 6.83. The largest absolute Gasteiger partial charge is 0.322 e. The molecule has 3 rings (SSSR count). The van der Waals surface area contributed by atoms with Crippen LogP contribution in [0, 0.1) is 0 Å². The fourth-order valence-corrected chi connectivity index (χ4v) is 4.14. The molecule has 0 amide bonds. The Morgan fingerprint density at radius 1 is 0.917 bits per heavy atom. The average molecular weight is 344 g/mol. The van der Waals surface area contributed by atoms with Crippen LogP contribution < -0.4 is 0 Å². The van der Waals surface area contributed by atoms with E-state index in [1.54, 1.807) is 0 Å². The molecule has 0 N–H and O–H groups in total. The highest BCUT2D eigenvalue weighted by Crippen LogP contribution is 2.31. The van der Waals surface area contributed by atoms with Crippen LogP contribution in [0.2, 0.25) is 5.02 Å². The first kappa shape index (κ1) is 17.5. The summed E-state index contributed by atoms with van der Waals surface area (Å²) in [5.41, 5.74) is 2.65. The van der Waals surface area contributed by atoms with Gasteiger partial charge in [-0.05, 0) is 37.1 Å².